The molecule has 0 fully saturated rings. The van der Waals surface area contributed by atoms with Gasteiger partial charge in [-0.25, -0.2) is 13.1 Å². The van der Waals surface area contributed by atoms with Crippen molar-refractivity contribution in [3.05, 3.63) is 52.2 Å². The molecule has 0 bridgehead atoms. The molecule has 1 aromatic carbocycles. The zero-order valence-electron chi connectivity index (χ0n) is 12.0. The molecule has 1 aromatic heterocycles. The van der Waals surface area contributed by atoms with Gasteiger partial charge in [0.05, 0.1) is 10.5 Å². The number of hydrogen-bond acceptors (Lipinski definition) is 4. The Hall–Kier alpha value is -1.42. The molecule has 126 valence electrons. The average Bonchev–Trinajstić information content (AvgIpc) is 3.00. The van der Waals surface area contributed by atoms with Crippen LogP contribution >= 0.6 is 11.3 Å². The normalized spacial score (nSPS) is 15.3. The highest BCUT2D eigenvalue weighted by atomic mass is 32.2. The smallest absolute Gasteiger partial charge is 0.383 e. The largest absolute Gasteiger partial charge is 0.416 e. The highest BCUT2D eigenvalue weighted by Crippen LogP contribution is 2.30. The second-order valence-corrected chi connectivity index (χ2v) is 7.81. The first-order valence-electron chi connectivity index (χ1n) is 6.46. The van der Waals surface area contributed by atoms with Gasteiger partial charge in [-0.1, -0.05) is 6.07 Å². The average molecular weight is 365 g/mol. The lowest BCUT2D eigenvalue weighted by Crippen LogP contribution is -2.38. The SMILES string of the molecule is CC(O)(CNS(=O)(=O)c1ccc(C(F)(F)F)cc1)c1cccs1. The van der Waals surface area contributed by atoms with Crippen LogP contribution in [0.15, 0.2) is 46.7 Å². The van der Waals surface area contributed by atoms with Crippen LogP contribution in [0.25, 0.3) is 0 Å². The Morgan fingerprint density at radius 1 is 1.17 bits per heavy atom. The molecule has 1 heterocycles. The molecule has 0 saturated heterocycles. The van der Waals surface area contributed by atoms with E-state index in [0.29, 0.717) is 17.0 Å². The summed E-state index contributed by atoms with van der Waals surface area (Å²) in [7, 11) is -4.02. The Labute approximate surface area is 135 Å². The van der Waals surface area contributed by atoms with Crippen molar-refractivity contribution in [3.63, 3.8) is 0 Å². The number of hydrogen-bond donors (Lipinski definition) is 2. The first kappa shape index (κ1) is 17.9. The minimum Gasteiger partial charge on any atom is -0.383 e. The van der Waals surface area contributed by atoms with Crippen molar-refractivity contribution in [1.82, 2.24) is 4.72 Å². The maximum atomic E-state index is 12.5. The third-order valence-electron chi connectivity index (χ3n) is 3.15. The molecule has 0 radical (unpaired) electrons. The number of aliphatic hydroxyl groups is 1. The predicted octanol–water partition coefficient (Wildman–Crippen LogP) is 2.95. The van der Waals surface area contributed by atoms with Gasteiger partial charge in [0.25, 0.3) is 0 Å². The molecular weight excluding hydrogens is 351 g/mol. The standard InChI is InChI=1S/C14H14F3NO3S2/c1-13(19,12-3-2-8-22-12)9-18-23(20,21)11-6-4-10(5-7-11)14(15,16)17/h2-8,18-19H,9H2,1H3. The van der Waals surface area contributed by atoms with E-state index in [2.05, 4.69) is 4.72 Å². The maximum Gasteiger partial charge on any atom is 0.416 e. The molecule has 0 spiro atoms. The molecule has 0 aliphatic heterocycles. The Balaban J connectivity index is 2.13. The second kappa shape index (κ2) is 6.23. The van der Waals surface area contributed by atoms with Crippen molar-refractivity contribution in [1.29, 1.82) is 0 Å². The second-order valence-electron chi connectivity index (χ2n) is 5.10. The van der Waals surface area contributed by atoms with Gasteiger partial charge in [-0.3, -0.25) is 0 Å². The van der Waals surface area contributed by atoms with Crippen molar-refractivity contribution in [3.8, 4) is 0 Å². The predicted molar refractivity (Wildman–Crippen MR) is 80.5 cm³/mol. The van der Waals surface area contributed by atoms with Gasteiger partial charge in [0, 0.05) is 11.4 Å². The van der Waals surface area contributed by atoms with E-state index in [1.807, 2.05) is 0 Å². The van der Waals surface area contributed by atoms with Gasteiger partial charge in [-0.15, -0.1) is 11.3 Å². The van der Waals surface area contributed by atoms with E-state index in [-0.39, 0.29) is 11.4 Å². The van der Waals surface area contributed by atoms with E-state index in [9.17, 15) is 26.7 Å². The van der Waals surface area contributed by atoms with Gasteiger partial charge in [0.15, 0.2) is 0 Å². The van der Waals surface area contributed by atoms with Crippen LogP contribution in [0.2, 0.25) is 0 Å². The van der Waals surface area contributed by atoms with Crippen LogP contribution in [0.5, 0.6) is 0 Å². The molecule has 23 heavy (non-hydrogen) atoms. The number of benzene rings is 1. The molecule has 1 unspecified atom stereocenters. The topological polar surface area (TPSA) is 66.4 Å². The first-order valence-corrected chi connectivity index (χ1v) is 8.82. The minimum absolute atomic E-state index is 0.295. The van der Waals surface area contributed by atoms with Crippen molar-refractivity contribution >= 4 is 21.4 Å². The van der Waals surface area contributed by atoms with E-state index < -0.39 is 27.4 Å². The molecule has 0 aliphatic carbocycles. The molecule has 0 amide bonds. The number of halogens is 3. The van der Waals surface area contributed by atoms with Crippen molar-refractivity contribution in [2.45, 2.75) is 23.6 Å². The van der Waals surface area contributed by atoms with E-state index in [1.54, 1.807) is 17.5 Å². The van der Waals surface area contributed by atoms with Gasteiger partial charge in [0.2, 0.25) is 10.0 Å². The molecule has 0 aliphatic rings. The fourth-order valence-electron chi connectivity index (χ4n) is 1.81. The summed E-state index contributed by atoms with van der Waals surface area (Å²) in [6.45, 7) is 1.16. The lowest BCUT2D eigenvalue weighted by atomic mass is 10.1. The number of alkyl halides is 3. The fraction of sp³-hybridized carbons (Fsp3) is 0.286. The summed E-state index contributed by atoms with van der Waals surface area (Å²) in [5.41, 5.74) is -2.34. The summed E-state index contributed by atoms with van der Waals surface area (Å²) in [6.07, 6.45) is -4.53. The lowest BCUT2D eigenvalue weighted by molar-refractivity contribution is -0.137. The highest BCUT2D eigenvalue weighted by molar-refractivity contribution is 7.89. The van der Waals surface area contributed by atoms with Gasteiger partial charge >= 0.3 is 6.18 Å². The quantitative estimate of drug-likeness (QED) is 0.856. The van der Waals surface area contributed by atoms with E-state index in [4.69, 9.17) is 0 Å². The summed E-state index contributed by atoms with van der Waals surface area (Å²) < 4.78 is 63.9. The van der Waals surface area contributed by atoms with Gasteiger partial charge in [-0.2, -0.15) is 13.2 Å². The summed E-state index contributed by atoms with van der Waals surface area (Å²) >= 11 is 1.27. The molecule has 9 heteroatoms. The van der Waals surface area contributed by atoms with Crippen molar-refractivity contribution < 1.29 is 26.7 Å². The van der Waals surface area contributed by atoms with Crippen LogP contribution in [-0.4, -0.2) is 20.1 Å². The number of nitrogens with one attached hydrogen (secondary N) is 1. The summed E-state index contributed by atoms with van der Waals surface area (Å²) in [5, 5.41) is 12.0. The van der Waals surface area contributed by atoms with Crippen LogP contribution in [0, 0.1) is 0 Å². The van der Waals surface area contributed by atoms with Gasteiger partial charge in [-0.05, 0) is 42.6 Å². The van der Waals surface area contributed by atoms with Crippen LogP contribution in [0.4, 0.5) is 13.2 Å². The van der Waals surface area contributed by atoms with Crippen molar-refractivity contribution in [2.24, 2.45) is 0 Å². The third-order valence-corrected chi connectivity index (χ3v) is 5.69. The summed E-state index contributed by atoms with van der Waals surface area (Å²) in [5.74, 6) is 0. The molecule has 2 aromatic rings. The molecule has 0 saturated carbocycles. The fourth-order valence-corrected chi connectivity index (χ4v) is 3.73. The Morgan fingerprint density at radius 3 is 2.26 bits per heavy atom. The molecular formula is C14H14F3NO3S2. The van der Waals surface area contributed by atoms with E-state index in [0.717, 1.165) is 12.1 Å². The number of thiophene rings is 1. The van der Waals surface area contributed by atoms with Crippen LogP contribution in [0.1, 0.15) is 17.4 Å². The number of rotatable bonds is 5. The third kappa shape index (κ3) is 4.31. The Bertz CT molecular complexity index is 752. The minimum atomic E-state index is -4.53. The molecule has 1 atom stereocenters. The number of sulfonamides is 1. The Kier molecular flexibility index (Phi) is 4.86. The maximum absolute atomic E-state index is 12.5. The summed E-state index contributed by atoms with van der Waals surface area (Å²) in [4.78, 5) is 0.278. The van der Waals surface area contributed by atoms with Gasteiger partial charge < -0.3 is 5.11 Å². The monoisotopic (exact) mass is 365 g/mol. The van der Waals surface area contributed by atoms with E-state index >= 15 is 0 Å². The van der Waals surface area contributed by atoms with Crippen LogP contribution in [0.3, 0.4) is 0 Å². The molecule has 2 N–H and O–H groups in total. The van der Waals surface area contributed by atoms with Gasteiger partial charge in [0.1, 0.15) is 5.60 Å². The van der Waals surface area contributed by atoms with Crippen molar-refractivity contribution in [2.75, 3.05) is 6.54 Å². The van der Waals surface area contributed by atoms with E-state index in [1.165, 1.54) is 18.3 Å². The Morgan fingerprint density at radius 2 is 1.78 bits per heavy atom. The zero-order chi connectivity index (χ0) is 17.3. The lowest BCUT2D eigenvalue weighted by Gasteiger charge is -2.22. The highest BCUT2D eigenvalue weighted by Gasteiger charge is 2.31. The zero-order valence-corrected chi connectivity index (χ0v) is 13.6. The first-order chi connectivity index (χ1) is 10.5. The summed E-state index contributed by atoms with van der Waals surface area (Å²) in [6, 6.07) is 6.55. The molecule has 2 rings (SSSR count). The van der Waals surface area contributed by atoms with Crippen LogP contribution < -0.4 is 4.72 Å². The van der Waals surface area contributed by atoms with Crippen LogP contribution in [-0.2, 0) is 21.8 Å². The molecule has 4 nitrogen and oxygen atoms in total.